The van der Waals surface area contributed by atoms with Gasteiger partial charge in [-0.3, -0.25) is 4.79 Å². The van der Waals surface area contributed by atoms with Crippen LogP contribution in [0, 0.1) is 0 Å². The van der Waals surface area contributed by atoms with Crippen molar-refractivity contribution >= 4 is 28.7 Å². The Balaban J connectivity index is 2.12. The summed E-state index contributed by atoms with van der Waals surface area (Å²) in [7, 11) is 0. The lowest BCUT2D eigenvalue weighted by atomic mass is 10.2. The number of halogens is 2. The molecule has 2 rings (SSSR count). The third-order valence-corrected chi connectivity index (χ3v) is 3.97. The van der Waals surface area contributed by atoms with Gasteiger partial charge in [-0.1, -0.05) is 25.5 Å². The standard InChI is InChI=1S/C15H19F2N3O2S/c1-2-5-10(21)8-18-13(22)9-20-12-7-4-3-6-11(12)19-15(20)23-14(16)17/h3-4,6-7,10,14,21H,2,5,8-9H2,1H3,(H,18,22). The maximum Gasteiger partial charge on any atom is 0.291 e. The number of hydrogen-bond donors (Lipinski definition) is 2. The molecule has 126 valence electrons. The van der Waals surface area contributed by atoms with Crippen LogP contribution in [0.15, 0.2) is 29.4 Å². The highest BCUT2D eigenvalue weighted by Gasteiger charge is 2.18. The highest BCUT2D eigenvalue weighted by atomic mass is 32.2. The molecule has 1 aromatic heterocycles. The van der Waals surface area contributed by atoms with Crippen molar-refractivity contribution in [2.24, 2.45) is 0 Å². The molecule has 0 aliphatic heterocycles. The SMILES string of the molecule is CCCC(O)CNC(=O)Cn1c(SC(F)F)nc2ccccc21. The van der Waals surface area contributed by atoms with E-state index in [0.717, 1.165) is 6.42 Å². The molecule has 5 nitrogen and oxygen atoms in total. The number of benzene rings is 1. The Morgan fingerprint density at radius 1 is 1.43 bits per heavy atom. The number of aliphatic hydroxyl groups is 1. The van der Waals surface area contributed by atoms with Gasteiger partial charge in [-0.05, 0) is 30.3 Å². The molecule has 1 amide bonds. The number of alkyl halides is 2. The molecule has 0 aliphatic rings. The van der Waals surface area contributed by atoms with E-state index in [2.05, 4.69) is 10.3 Å². The second kappa shape index (κ2) is 8.26. The number of hydrogen-bond acceptors (Lipinski definition) is 4. The molecular weight excluding hydrogens is 324 g/mol. The number of nitrogens with zero attached hydrogens (tertiary/aromatic N) is 2. The van der Waals surface area contributed by atoms with Crippen LogP contribution >= 0.6 is 11.8 Å². The Labute approximate surface area is 137 Å². The van der Waals surface area contributed by atoms with Crippen molar-refractivity contribution < 1.29 is 18.7 Å². The number of aromatic nitrogens is 2. The van der Waals surface area contributed by atoms with Crippen LogP contribution in [0.1, 0.15) is 19.8 Å². The Morgan fingerprint density at radius 3 is 2.87 bits per heavy atom. The number of imidazole rings is 1. The molecule has 0 saturated carbocycles. The first-order valence-electron chi connectivity index (χ1n) is 7.36. The first-order valence-corrected chi connectivity index (χ1v) is 8.24. The fraction of sp³-hybridized carbons (Fsp3) is 0.467. The first-order chi connectivity index (χ1) is 11.0. The van der Waals surface area contributed by atoms with E-state index in [9.17, 15) is 18.7 Å². The molecule has 0 bridgehead atoms. The second-order valence-corrected chi connectivity index (χ2v) is 6.05. The molecule has 0 saturated heterocycles. The number of carbonyl (C=O) groups excluding carboxylic acids is 1. The van der Waals surface area contributed by atoms with Crippen molar-refractivity contribution in [3.8, 4) is 0 Å². The fourth-order valence-electron chi connectivity index (χ4n) is 2.24. The van der Waals surface area contributed by atoms with Crippen molar-refractivity contribution in [2.45, 2.75) is 43.3 Å². The van der Waals surface area contributed by atoms with Gasteiger partial charge in [0.1, 0.15) is 6.54 Å². The normalized spacial score (nSPS) is 12.7. The quantitative estimate of drug-likeness (QED) is 0.723. The molecule has 1 heterocycles. The predicted molar refractivity (Wildman–Crippen MR) is 85.5 cm³/mol. The van der Waals surface area contributed by atoms with Crippen LogP contribution in [-0.4, -0.2) is 39.0 Å². The number of aliphatic hydroxyl groups excluding tert-OH is 1. The van der Waals surface area contributed by atoms with Crippen LogP contribution in [0.2, 0.25) is 0 Å². The summed E-state index contributed by atoms with van der Waals surface area (Å²) in [5.41, 5.74) is 1.19. The summed E-state index contributed by atoms with van der Waals surface area (Å²) in [6.45, 7) is 1.97. The van der Waals surface area contributed by atoms with Gasteiger partial charge in [0.2, 0.25) is 5.91 Å². The number of nitrogens with one attached hydrogen (secondary N) is 1. The monoisotopic (exact) mass is 343 g/mol. The highest BCUT2D eigenvalue weighted by Crippen LogP contribution is 2.28. The van der Waals surface area contributed by atoms with Crippen LogP contribution in [0.5, 0.6) is 0 Å². The summed E-state index contributed by atoms with van der Waals surface area (Å²) in [5.74, 6) is -2.96. The summed E-state index contributed by atoms with van der Waals surface area (Å²) in [4.78, 5) is 16.2. The minimum Gasteiger partial charge on any atom is -0.391 e. The summed E-state index contributed by atoms with van der Waals surface area (Å²) in [6, 6.07) is 6.97. The summed E-state index contributed by atoms with van der Waals surface area (Å²) in [5, 5.41) is 12.4. The average molecular weight is 343 g/mol. The Kier molecular flexibility index (Phi) is 6.35. The fourth-order valence-corrected chi connectivity index (χ4v) is 2.84. The van der Waals surface area contributed by atoms with Crippen LogP contribution in [0.25, 0.3) is 11.0 Å². The molecule has 1 aromatic carbocycles. The zero-order valence-corrected chi connectivity index (χ0v) is 13.5. The molecule has 2 aromatic rings. The van der Waals surface area contributed by atoms with Gasteiger partial charge in [0.25, 0.3) is 5.76 Å². The third kappa shape index (κ3) is 4.90. The van der Waals surface area contributed by atoms with E-state index in [1.165, 1.54) is 4.57 Å². The summed E-state index contributed by atoms with van der Waals surface area (Å²) in [6.07, 6.45) is 0.817. The van der Waals surface area contributed by atoms with Crippen molar-refractivity contribution in [3.05, 3.63) is 24.3 Å². The molecule has 23 heavy (non-hydrogen) atoms. The minimum atomic E-state index is -2.61. The smallest absolute Gasteiger partial charge is 0.291 e. The van der Waals surface area contributed by atoms with Gasteiger partial charge in [0.15, 0.2) is 5.16 Å². The van der Waals surface area contributed by atoms with E-state index in [1.807, 2.05) is 6.92 Å². The van der Waals surface area contributed by atoms with Gasteiger partial charge >= 0.3 is 0 Å². The van der Waals surface area contributed by atoms with Crippen molar-refractivity contribution in [2.75, 3.05) is 6.54 Å². The number of thioether (sulfide) groups is 1. The predicted octanol–water partition coefficient (Wildman–Crippen LogP) is 2.63. The lowest BCUT2D eigenvalue weighted by Gasteiger charge is -2.12. The largest absolute Gasteiger partial charge is 0.391 e. The Bertz CT molecular complexity index is 663. The lowest BCUT2D eigenvalue weighted by molar-refractivity contribution is -0.122. The van der Waals surface area contributed by atoms with E-state index < -0.39 is 11.9 Å². The zero-order valence-electron chi connectivity index (χ0n) is 12.7. The van der Waals surface area contributed by atoms with Crippen LogP contribution in [-0.2, 0) is 11.3 Å². The molecule has 1 atom stereocenters. The van der Waals surface area contributed by atoms with E-state index in [-0.39, 0.29) is 24.2 Å². The van der Waals surface area contributed by atoms with Gasteiger partial charge in [0, 0.05) is 6.54 Å². The van der Waals surface area contributed by atoms with Crippen molar-refractivity contribution in [1.29, 1.82) is 0 Å². The van der Waals surface area contributed by atoms with Crippen molar-refractivity contribution in [3.63, 3.8) is 0 Å². The van der Waals surface area contributed by atoms with Gasteiger partial charge in [-0.2, -0.15) is 8.78 Å². The number of amides is 1. The lowest BCUT2D eigenvalue weighted by Crippen LogP contribution is -2.34. The van der Waals surface area contributed by atoms with Crippen LogP contribution in [0.3, 0.4) is 0 Å². The van der Waals surface area contributed by atoms with Gasteiger partial charge in [-0.25, -0.2) is 4.98 Å². The molecule has 0 fully saturated rings. The highest BCUT2D eigenvalue weighted by molar-refractivity contribution is 7.99. The molecule has 0 spiro atoms. The molecule has 1 unspecified atom stereocenters. The summed E-state index contributed by atoms with van der Waals surface area (Å²) >= 11 is 0.314. The average Bonchev–Trinajstić information content (AvgIpc) is 2.82. The van der Waals surface area contributed by atoms with E-state index in [0.29, 0.717) is 29.2 Å². The third-order valence-electron chi connectivity index (χ3n) is 3.27. The number of para-hydroxylation sites is 2. The Morgan fingerprint density at radius 2 is 2.17 bits per heavy atom. The van der Waals surface area contributed by atoms with Crippen LogP contribution < -0.4 is 5.32 Å². The van der Waals surface area contributed by atoms with E-state index >= 15 is 0 Å². The maximum atomic E-state index is 12.7. The maximum absolute atomic E-state index is 12.7. The molecular formula is C15H19F2N3O2S. The zero-order chi connectivity index (χ0) is 16.8. The number of carbonyl (C=O) groups is 1. The van der Waals surface area contributed by atoms with Gasteiger partial charge in [-0.15, -0.1) is 0 Å². The van der Waals surface area contributed by atoms with Crippen molar-refractivity contribution in [1.82, 2.24) is 14.9 Å². The molecule has 0 aliphatic carbocycles. The molecule has 8 heteroatoms. The topological polar surface area (TPSA) is 67.2 Å². The number of rotatable bonds is 8. The van der Waals surface area contributed by atoms with E-state index in [1.54, 1.807) is 24.3 Å². The van der Waals surface area contributed by atoms with Gasteiger partial charge in [0.05, 0.1) is 17.1 Å². The van der Waals surface area contributed by atoms with Crippen LogP contribution in [0.4, 0.5) is 8.78 Å². The summed E-state index contributed by atoms with van der Waals surface area (Å²) < 4.78 is 26.8. The second-order valence-electron chi connectivity index (χ2n) is 5.09. The minimum absolute atomic E-state index is 0.102. The number of fused-ring (bicyclic) bond motifs is 1. The van der Waals surface area contributed by atoms with E-state index in [4.69, 9.17) is 0 Å². The first kappa shape index (κ1) is 17.7. The Hall–Kier alpha value is -1.67. The molecule has 2 N–H and O–H groups in total. The molecule has 0 radical (unpaired) electrons. The van der Waals surface area contributed by atoms with Gasteiger partial charge < -0.3 is 15.0 Å².